The highest BCUT2D eigenvalue weighted by atomic mass is 35.5. The van der Waals surface area contributed by atoms with E-state index in [4.69, 9.17) is 22.1 Å². The number of carbonyl (C=O) groups excluding carboxylic acids is 1. The quantitative estimate of drug-likeness (QED) is 0.843. The summed E-state index contributed by atoms with van der Waals surface area (Å²) in [6.07, 6.45) is 0.435. The van der Waals surface area contributed by atoms with Crippen molar-refractivity contribution < 1.29 is 9.53 Å². The predicted octanol–water partition coefficient (Wildman–Crippen LogP) is 2.44. The van der Waals surface area contributed by atoms with Gasteiger partial charge in [0.25, 0.3) is 0 Å². The summed E-state index contributed by atoms with van der Waals surface area (Å²) >= 11 is 6.21. The summed E-state index contributed by atoms with van der Waals surface area (Å²) in [4.78, 5) is 11.6. The van der Waals surface area contributed by atoms with Crippen LogP contribution in [-0.4, -0.2) is 19.1 Å². The molecule has 0 aliphatic rings. The van der Waals surface area contributed by atoms with Crippen LogP contribution in [0.4, 0.5) is 0 Å². The highest BCUT2D eigenvalue weighted by Gasteiger charge is 2.25. The molecule has 0 aromatic heterocycles. The SMILES string of the molecule is CCC(=O)NC(C)(C)c1cc(OCCN)ccc1Cl. The molecule has 0 aliphatic heterocycles. The highest BCUT2D eigenvalue weighted by Crippen LogP contribution is 2.31. The Balaban J connectivity index is 2.99. The van der Waals surface area contributed by atoms with E-state index in [1.54, 1.807) is 12.1 Å². The number of hydrogen-bond donors (Lipinski definition) is 2. The van der Waals surface area contributed by atoms with E-state index < -0.39 is 5.54 Å². The Morgan fingerprint density at radius 1 is 1.47 bits per heavy atom. The molecule has 0 unspecified atom stereocenters. The molecule has 0 fully saturated rings. The zero-order valence-electron chi connectivity index (χ0n) is 11.6. The molecule has 1 rings (SSSR count). The Kier molecular flexibility index (Phi) is 5.63. The standard InChI is InChI=1S/C14H21ClN2O2/c1-4-13(18)17-14(2,3)11-9-10(19-8-7-16)5-6-12(11)15/h5-6,9H,4,7-8,16H2,1-3H3,(H,17,18). The lowest BCUT2D eigenvalue weighted by Crippen LogP contribution is -2.40. The summed E-state index contributed by atoms with van der Waals surface area (Å²) < 4.78 is 5.48. The van der Waals surface area contributed by atoms with Crippen molar-refractivity contribution in [3.63, 3.8) is 0 Å². The van der Waals surface area contributed by atoms with Gasteiger partial charge in [-0.3, -0.25) is 4.79 Å². The van der Waals surface area contributed by atoms with Crippen LogP contribution in [-0.2, 0) is 10.3 Å². The van der Waals surface area contributed by atoms with Gasteiger partial charge in [-0.05, 0) is 37.6 Å². The van der Waals surface area contributed by atoms with Gasteiger partial charge in [-0.15, -0.1) is 0 Å². The van der Waals surface area contributed by atoms with Crippen molar-refractivity contribution in [1.82, 2.24) is 5.32 Å². The van der Waals surface area contributed by atoms with Crippen LogP contribution in [0.25, 0.3) is 0 Å². The lowest BCUT2D eigenvalue weighted by atomic mass is 9.93. The van der Waals surface area contributed by atoms with Gasteiger partial charge >= 0.3 is 0 Å². The number of benzene rings is 1. The second-order valence-electron chi connectivity index (χ2n) is 4.81. The van der Waals surface area contributed by atoms with Crippen molar-refractivity contribution in [3.05, 3.63) is 28.8 Å². The van der Waals surface area contributed by atoms with Crippen molar-refractivity contribution in [2.45, 2.75) is 32.7 Å². The number of ether oxygens (including phenoxy) is 1. The second kappa shape index (κ2) is 6.78. The Morgan fingerprint density at radius 3 is 2.74 bits per heavy atom. The maximum Gasteiger partial charge on any atom is 0.220 e. The molecule has 0 atom stereocenters. The van der Waals surface area contributed by atoms with E-state index >= 15 is 0 Å². The zero-order valence-corrected chi connectivity index (χ0v) is 12.4. The van der Waals surface area contributed by atoms with Crippen molar-refractivity contribution in [2.24, 2.45) is 5.73 Å². The van der Waals surface area contributed by atoms with Gasteiger partial charge in [-0.25, -0.2) is 0 Å². The first-order valence-corrected chi connectivity index (χ1v) is 6.72. The summed E-state index contributed by atoms with van der Waals surface area (Å²) in [6, 6.07) is 5.40. The fraction of sp³-hybridized carbons (Fsp3) is 0.500. The average molecular weight is 285 g/mol. The lowest BCUT2D eigenvalue weighted by molar-refractivity contribution is -0.122. The number of amides is 1. The van der Waals surface area contributed by atoms with Crippen LogP contribution in [0.1, 0.15) is 32.8 Å². The van der Waals surface area contributed by atoms with Crippen LogP contribution in [0.3, 0.4) is 0 Å². The number of nitrogens with one attached hydrogen (secondary N) is 1. The van der Waals surface area contributed by atoms with Gasteiger partial charge in [0.15, 0.2) is 0 Å². The van der Waals surface area contributed by atoms with Gasteiger partial charge in [0, 0.05) is 18.0 Å². The van der Waals surface area contributed by atoms with Gasteiger partial charge in [0.2, 0.25) is 5.91 Å². The van der Waals surface area contributed by atoms with Crippen molar-refractivity contribution in [2.75, 3.05) is 13.2 Å². The monoisotopic (exact) mass is 284 g/mol. The molecule has 3 N–H and O–H groups in total. The number of nitrogens with two attached hydrogens (primary N) is 1. The zero-order chi connectivity index (χ0) is 14.5. The summed E-state index contributed by atoms with van der Waals surface area (Å²) in [5, 5.41) is 3.54. The molecule has 5 heteroatoms. The van der Waals surface area contributed by atoms with Crippen LogP contribution >= 0.6 is 11.6 Å². The minimum atomic E-state index is -0.549. The fourth-order valence-corrected chi connectivity index (χ4v) is 2.11. The normalized spacial score (nSPS) is 11.2. The topological polar surface area (TPSA) is 64.3 Å². The first kappa shape index (κ1) is 15.8. The Hall–Kier alpha value is -1.26. The molecule has 0 spiro atoms. The van der Waals surface area contributed by atoms with Gasteiger partial charge in [-0.2, -0.15) is 0 Å². The van der Waals surface area contributed by atoms with Crippen LogP contribution < -0.4 is 15.8 Å². The molecular formula is C14H21ClN2O2. The van der Waals surface area contributed by atoms with Gasteiger partial charge in [-0.1, -0.05) is 18.5 Å². The smallest absolute Gasteiger partial charge is 0.220 e. The summed E-state index contributed by atoms with van der Waals surface area (Å²) in [5.41, 5.74) is 5.68. The molecular weight excluding hydrogens is 264 g/mol. The van der Waals surface area contributed by atoms with Gasteiger partial charge < -0.3 is 15.8 Å². The second-order valence-corrected chi connectivity index (χ2v) is 5.21. The molecule has 4 nitrogen and oxygen atoms in total. The first-order chi connectivity index (χ1) is 8.90. The van der Waals surface area contributed by atoms with E-state index in [0.717, 1.165) is 5.56 Å². The maximum atomic E-state index is 11.6. The highest BCUT2D eigenvalue weighted by molar-refractivity contribution is 6.31. The summed E-state index contributed by atoms with van der Waals surface area (Å²) in [5.74, 6) is 0.679. The molecule has 0 saturated heterocycles. The van der Waals surface area contributed by atoms with Crippen LogP contribution in [0.2, 0.25) is 5.02 Å². The van der Waals surface area contributed by atoms with Crippen LogP contribution in [0.5, 0.6) is 5.75 Å². The van der Waals surface area contributed by atoms with Crippen LogP contribution in [0.15, 0.2) is 18.2 Å². The molecule has 106 valence electrons. The van der Waals surface area contributed by atoms with E-state index in [2.05, 4.69) is 5.32 Å². The Labute approximate surface area is 119 Å². The molecule has 1 aromatic carbocycles. The largest absolute Gasteiger partial charge is 0.492 e. The molecule has 19 heavy (non-hydrogen) atoms. The molecule has 0 bridgehead atoms. The third kappa shape index (κ3) is 4.40. The Bertz CT molecular complexity index is 447. The fourth-order valence-electron chi connectivity index (χ4n) is 1.75. The van der Waals surface area contributed by atoms with E-state index in [9.17, 15) is 4.79 Å². The average Bonchev–Trinajstić information content (AvgIpc) is 2.37. The van der Waals surface area contributed by atoms with E-state index in [0.29, 0.717) is 30.3 Å². The Morgan fingerprint density at radius 2 is 2.16 bits per heavy atom. The number of carbonyl (C=O) groups is 1. The maximum absolute atomic E-state index is 11.6. The molecule has 1 amide bonds. The van der Waals surface area contributed by atoms with E-state index in [1.165, 1.54) is 0 Å². The summed E-state index contributed by atoms with van der Waals surface area (Å²) in [7, 11) is 0. The van der Waals surface area contributed by atoms with Crippen molar-refractivity contribution in [3.8, 4) is 5.75 Å². The van der Waals surface area contributed by atoms with Crippen molar-refractivity contribution in [1.29, 1.82) is 0 Å². The number of hydrogen-bond acceptors (Lipinski definition) is 3. The predicted molar refractivity (Wildman–Crippen MR) is 77.5 cm³/mol. The summed E-state index contributed by atoms with van der Waals surface area (Å²) in [6.45, 7) is 6.54. The van der Waals surface area contributed by atoms with E-state index in [-0.39, 0.29) is 5.91 Å². The molecule has 0 heterocycles. The third-order valence-corrected chi connectivity index (χ3v) is 3.10. The lowest BCUT2D eigenvalue weighted by Gasteiger charge is -2.28. The first-order valence-electron chi connectivity index (χ1n) is 6.34. The minimum absolute atomic E-state index is 0.0191. The van der Waals surface area contributed by atoms with Crippen molar-refractivity contribution >= 4 is 17.5 Å². The molecule has 0 aliphatic carbocycles. The minimum Gasteiger partial charge on any atom is -0.492 e. The molecule has 0 saturated carbocycles. The molecule has 0 radical (unpaired) electrons. The van der Waals surface area contributed by atoms with E-state index in [1.807, 2.05) is 26.8 Å². The molecule has 1 aromatic rings. The van der Waals surface area contributed by atoms with Gasteiger partial charge in [0.1, 0.15) is 12.4 Å². The number of rotatable bonds is 6. The third-order valence-electron chi connectivity index (χ3n) is 2.77. The van der Waals surface area contributed by atoms with Gasteiger partial charge in [0.05, 0.1) is 5.54 Å². The number of halogens is 1. The van der Waals surface area contributed by atoms with Crippen LogP contribution in [0, 0.1) is 0 Å².